The van der Waals surface area contributed by atoms with Crippen molar-refractivity contribution in [1.82, 2.24) is 4.90 Å². The molecule has 0 radical (unpaired) electrons. The minimum atomic E-state index is -0.110. The van der Waals surface area contributed by atoms with E-state index in [1.54, 1.807) is 10.5 Å². The molecule has 4 aliphatic carbocycles. The minimum absolute atomic E-state index is 0.110. The van der Waals surface area contributed by atoms with Crippen molar-refractivity contribution in [3.05, 3.63) is 11.6 Å². The van der Waals surface area contributed by atoms with Gasteiger partial charge in [0.25, 0.3) is 0 Å². The van der Waals surface area contributed by atoms with Crippen molar-refractivity contribution >= 4 is 5.91 Å². The number of aliphatic hydroxyl groups is 1. The molecular weight excluding hydrogens is 358 g/mol. The zero-order chi connectivity index (χ0) is 21.0. The quantitative estimate of drug-likeness (QED) is 0.638. The Morgan fingerprint density at radius 1 is 1.17 bits per heavy atom. The molecule has 3 nitrogen and oxygen atoms in total. The predicted octanol–water partition coefficient (Wildman–Crippen LogP) is 5.43. The van der Waals surface area contributed by atoms with Crippen LogP contribution in [-0.2, 0) is 4.79 Å². The largest absolute Gasteiger partial charge is 0.393 e. The number of hydrogen-bond acceptors (Lipinski definition) is 2. The maximum Gasteiger partial charge on any atom is 0.222 e. The summed E-state index contributed by atoms with van der Waals surface area (Å²) in [6.07, 6.45) is 14.0. The van der Waals surface area contributed by atoms with Crippen LogP contribution in [-0.4, -0.2) is 36.1 Å². The van der Waals surface area contributed by atoms with Gasteiger partial charge < -0.3 is 10.0 Å². The van der Waals surface area contributed by atoms with Gasteiger partial charge in [-0.1, -0.05) is 32.4 Å². The van der Waals surface area contributed by atoms with Crippen LogP contribution in [0.5, 0.6) is 0 Å². The Morgan fingerprint density at radius 2 is 1.93 bits per heavy atom. The Kier molecular flexibility index (Phi) is 5.68. The summed E-state index contributed by atoms with van der Waals surface area (Å²) < 4.78 is 0. The molecule has 0 aromatic rings. The summed E-state index contributed by atoms with van der Waals surface area (Å²) in [5.74, 6) is 4.18. The number of carbonyl (C=O) groups is 1. The first-order chi connectivity index (χ1) is 13.7. The average Bonchev–Trinajstić information content (AvgIpc) is 3.03. The smallest absolute Gasteiger partial charge is 0.222 e. The molecule has 3 heteroatoms. The Morgan fingerprint density at radius 3 is 2.66 bits per heavy atom. The van der Waals surface area contributed by atoms with E-state index in [0.29, 0.717) is 23.2 Å². The molecule has 3 saturated carbocycles. The molecule has 0 aromatic heterocycles. The van der Waals surface area contributed by atoms with E-state index in [-0.39, 0.29) is 12.0 Å². The summed E-state index contributed by atoms with van der Waals surface area (Å²) in [5.41, 5.74) is 2.37. The van der Waals surface area contributed by atoms with Crippen LogP contribution in [0, 0.1) is 40.4 Å². The molecule has 0 saturated heterocycles. The SMILES string of the molecule is C[C@H](CCC(=O)N(C)C)[C@H]1CC[C@H]2[C@@H]3CC=C4C[C@@H](O)CC[C@]4(C)[C@H]3CC[C@]12C. The minimum Gasteiger partial charge on any atom is -0.393 e. The fourth-order valence-corrected chi connectivity index (χ4v) is 8.39. The maximum absolute atomic E-state index is 12.1. The lowest BCUT2D eigenvalue weighted by atomic mass is 9.47. The maximum atomic E-state index is 12.1. The molecular formula is C26H43NO2. The van der Waals surface area contributed by atoms with E-state index in [0.717, 1.165) is 42.9 Å². The molecule has 164 valence electrons. The molecule has 1 N–H and O–H groups in total. The van der Waals surface area contributed by atoms with Gasteiger partial charge in [-0.05, 0) is 98.2 Å². The highest BCUT2D eigenvalue weighted by Gasteiger charge is 2.59. The number of fused-ring (bicyclic) bond motifs is 5. The van der Waals surface area contributed by atoms with Crippen LogP contribution in [0.15, 0.2) is 11.6 Å². The molecule has 0 heterocycles. The molecule has 0 spiro atoms. The second-order valence-corrected chi connectivity index (χ2v) is 11.7. The van der Waals surface area contributed by atoms with Crippen molar-refractivity contribution < 1.29 is 9.90 Å². The fourth-order valence-electron chi connectivity index (χ4n) is 8.39. The van der Waals surface area contributed by atoms with E-state index in [2.05, 4.69) is 26.8 Å². The van der Waals surface area contributed by atoms with Gasteiger partial charge in [-0.15, -0.1) is 0 Å². The molecule has 0 unspecified atom stereocenters. The summed E-state index contributed by atoms with van der Waals surface area (Å²) in [6, 6.07) is 0. The zero-order valence-corrected chi connectivity index (χ0v) is 19.4. The molecule has 0 bridgehead atoms. The first kappa shape index (κ1) is 21.4. The Bertz CT molecular complexity index is 670. The lowest BCUT2D eigenvalue weighted by molar-refractivity contribution is -0.129. The van der Waals surface area contributed by atoms with Gasteiger partial charge in [0, 0.05) is 20.5 Å². The lowest BCUT2D eigenvalue weighted by Crippen LogP contribution is -2.50. The highest BCUT2D eigenvalue weighted by molar-refractivity contribution is 5.75. The van der Waals surface area contributed by atoms with Gasteiger partial charge in [-0.2, -0.15) is 0 Å². The van der Waals surface area contributed by atoms with Crippen LogP contribution >= 0.6 is 0 Å². The molecule has 29 heavy (non-hydrogen) atoms. The highest BCUT2D eigenvalue weighted by Crippen LogP contribution is 2.67. The average molecular weight is 402 g/mol. The number of nitrogens with zero attached hydrogens (tertiary/aromatic N) is 1. The summed E-state index contributed by atoms with van der Waals surface area (Å²) in [6.45, 7) is 7.53. The Balaban J connectivity index is 1.49. The lowest BCUT2D eigenvalue weighted by Gasteiger charge is -2.58. The van der Waals surface area contributed by atoms with Crippen molar-refractivity contribution in [1.29, 1.82) is 0 Å². The van der Waals surface area contributed by atoms with Gasteiger partial charge in [0.05, 0.1) is 6.10 Å². The van der Waals surface area contributed by atoms with Crippen molar-refractivity contribution in [2.24, 2.45) is 40.4 Å². The molecule has 8 atom stereocenters. The van der Waals surface area contributed by atoms with Gasteiger partial charge in [0.15, 0.2) is 0 Å². The third-order valence-corrected chi connectivity index (χ3v) is 10.2. The number of carbonyl (C=O) groups excluding carboxylic acids is 1. The van der Waals surface area contributed by atoms with Gasteiger partial charge >= 0.3 is 0 Å². The van der Waals surface area contributed by atoms with E-state index in [4.69, 9.17) is 0 Å². The highest BCUT2D eigenvalue weighted by atomic mass is 16.3. The third-order valence-electron chi connectivity index (χ3n) is 10.2. The van der Waals surface area contributed by atoms with Gasteiger partial charge in [0.2, 0.25) is 5.91 Å². The van der Waals surface area contributed by atoms with E-state index in [9.17, 15) is 9.90 Å². The van der Waals surface area contributed by atoms with Crippen molar-refractivity contribution in [3.8, 4) is 0 Å². The van der Waals surface area contributed by atoms with Crippen molar-refractivity contribution in [3.63, 3.8) is 0 Å². The Hall–Kier alpha value is -0.830. The monoisotopic (exact) mass is 401 g/mol. The second-order valence-electron chi connectivity index (χ2n) is 11.7. The first-order valence-corrected chi connectivity index (χ1v) is 12.2. The van der Waals surface area contributed by atoms with Crippen LogP contribution < -0.4 is 0 Å². The predicted molar refractivity (Wildman–Crippen MR) is 118 cm³/mol. The number of allylic oxidation sites excluding steroid dienone is 1. The number of aliphatic hydroxyl groups excluding tert-OH is 1. The van der Waals surface area contributed by atoms with Gasteiger partial charge in [-0.25, -0.2) is 0 Å². The number of rotatable bonds is 4. The summed E-state index contributed by atoms with van der Waals surface area (Å²) >= 11 is 0. The fraction of sp³-hybridized carbons (Fsp3) is 0.885. The summed E-state index contributed by atoms with van der Waals surface area (Å²) in [5, 5.41) is 10.2. The molecule has 3 fully saturated rings. The molecule has 0 aliphatic heterocycles. The van der Waals surface area contributed by atoms with E-state index >= 15 is 0 Å². The zero-order valence-electron chi connectivity index (χ0n) is 19.4. The number of amides is 1. The van der Waals surface area contributed by atoms with E-state index < -0.39 is 0 Å². The van der Waals surface area contributed by atoms with Crippen molar-refractivity contribution in [2.45, 2.75) is 91.1 Å². The Labute approximate surface area is 178 Å². The van der Waals surface area contributed by atoms with Crippen LogP contribution in [0.2, 0.25) is 0 Å². The molecule has 4 rings (SSSR count). The first-order valence-electron chi connectivity index (χ1n) is 12.2. The molecule has 4 aliphatic rings. The molecule has 1 amide bonds. The summed E-state index contributed by atoms with van der Waals surface area (Å²) in [4.78, 5) is 13.8. The standard InChI is InChI=1S/C26H43NO2/c1-17(6-11-24(29)27(4)5)21-9-10-22-20-8-7-18-16-19(28)12-14-25(18,2)23(20)13-15-26(21,22)3/h7,17,19-23,28H,6,8-16H2,1-5H3/t17-,19+,20+,21-,22+,23+,25+,26-/m1/s1. The third kappa shape index (κ3) is 3.50. The topological polar surface area (TPSA) is 40.5 Å². The number of hydrogen-bond donors (Lipinski definition) is 1. The van der Waals surface area contributed by atoms with Crippen LogP contribution in [0.4, 0.5) is 0 Å². The van der Waals surface area contributed by atoms with Crippen LogP contribution in [0.3, 0.4) is 0 Å². The normalized spacial score (nSPS) is 44.9. The van der Waals surface area contributed by atoms with Crippen LogP contribution in [0.25, 0.3) is 0 Å². The second kappa shape index (κ2) is 7.70. The van der Waals surface area contributed by atoms with Crippen molar-refractivity contribution in [2.75, 3.05) is 14.1 Å². The van der Waals surface area contributed by atoms with Crippen LogP contribution in [0.1, 0.15) is 85.0 Å². The van der Waals surface area contributed by atoms with Gasteiger partial charge in [0.1, 0.15) is 0 Å². The van der Waals surface area contributed by atoms with E-state index in [1.807, 2.05) is 14.1 Å². The summed E-state index contributed by atoms with van der Waals surface area (Å²) in [7, 11) is 3.74. The van der Waals surface area contributed by atoms with Gasteiger partial charge in [-0.3, -0.25) is 4.79 Å². The van der Waals surface area contributed by atoms with E-state index in [1.165, 1.54) is 38.5 Å². The molecule has 0 aromatic carbocycles.